The van der Waals surface area contributed by atoms with Crippen LogP contribution in [0.2, 0.25) is 0 Å². The molecule has 13 heavy (non-hydrogen) atoms. The molecule has 1 N–H and O–H groups in total. The number of nitrogens with one attached hydrogen (secondary N) is 1. The van der Waals surface area contributed by atoms with Crippen LogP contribution in [0.25, 0.3) is 0 Å². The maximum absolute atomic E-state index is 9.82. The smallest absolute Gasteiger partial charge is 0.371 e. The van der Waals surface area contributed by atoms with Gasteiger partial charge >= 0.3 is 12.0 Å². The number of amidine groups is 1. The Morgan fingerprint density at radius 2 is 2.62 bits per heavy atom. The van der Waals surface area contributed by atoms with Crippen LogP contribution in [0, 0.1) is 5.41 Å². The van der Waals surface area contributed by atoms with Crippen LogP contribution in [-0.4, -0.2) is 37.7 Å². The number of carbonyl (C=O) groups is 2. The Morgan fingerprint density at radius 1 is 1.92 bits per heavy atom. The van der Waals surface area contributed by atoms with Crippen molar-refractivity contribution in [2.75, 3.05) is 13.2 Å². The first kappa shape index (κ1) is 11.3. The quantitative estimate of drug-likeness (QED) is 0.366. The third-order valence-electron chi connectivity index (χ3n) is 0.886. The molecule has 0 radical (unpaired) electrons. The molecule has 1 aliphatic rings. The van der Waals surface area contributed by atoms with Gasteiger partial charge in [0.15, 0.2) is 0 Å². The summed E-state index contributed by atoms with van der Waals surface area (Å²) in [6.07, 6.45) is 1.70. The monoisotopic (exact) mass is 186 g/mol. The highest BCUT2D eigenvalue weighted by Gasteiger charge is 1.95. The van der Waals surface area contributed by atoms with E-state index in [1.807, 2.05) is 0 Å². The van der Waals surface area contributed by atoms with Crippen molar-refractivity contribution in [2.45, 2.75) is 6.92 Å². The average Bonchev–Trinajstić information content (AvgIpc) is 2.57. The van der Waals surface area contributed by atoms with Crippen molar-refractivity contribution in [3.05, 3.63) is 0 Å². The van der Waals surface area contributed by atoms with Gasteiger partial charge in [-0.3, -0.25) is 4.79 Å². The summed E-state index contributed by atoms with van der Waals surface area (Å²) in [5, 5.41) is 6.63. The minimum atomic E-state index is -0.803. The molecule has 72 valence electrons. The van der Waals surface area contributed by atoms with Crippen LogP contribution in [0.1, 0.15) is 6.92 Å². The lowest BCUT2D eigenvalue weighted by molar-refractivity contribution is -0.148. The minimum Gasteiger partial charge on any atom is -0.460 e. The third kappa shape index (κ3) is 6.67. The molecular weight excluding hydrogens is 176 g/mol. The molecule has 0 fully saturated rings. The number of hydrogen-bond donors (Lipinski definition) is 1. The fourth-order valence-corrected chi connectivity index (χ4v) is 0.450. The van der Waals surface area contributed by atoms with E-state index in [1.54, 1.807) is 13.1 Å². The second kappa shape index (κ2) is 6.96. The molecule has 0 aromatic heterocycles. The molecule has 0 unspecified atom stereocenters. The lowest BCUT2D eigenvalue weighted by Gasteiger charge is -1.88. The highest BCUT2D eigenvalue weighted by atomic mass is 16.5. The van der Waals surface area contributed by atoms with Crippen molar-refractivity contribution in [1.29, 1.82) is 5.41 Å². The Kier molecular flexibility index (Phi) is 6.04. The van der Waals surface area contributed by atoms with Gasteiger partial charge in [0, 0.05) is 6.21 Å². The molecule has 0 atom stereocenters. The standard InChI is InChI=1S/C4H6O3.C3H4N2O/c1-2-7-4(6)3-5;4-3-5-1-2-6-3/h3H,2H2,1H3;1,4H,2H2. The average molecular weight is 186 g/mol. The summed E-state index contributed by atoms with van der Waals surface area (Å²) >= 11 is 0. The highest BCUT2D eigenvalue weighted by Crippen LogP contribution is 1.84. The molecule has 0 spiro atoms. The molecule has 1 heterocycles. The zero-order chi connectivity index (χ0) is 10.1. The van der Waals surface area contributed by atoms with Gasteiger partial charge in [-0.05, 0) is 6.92 Å². The summed E-state index contributed by atoms with van der Waals surface area (Å²) in [5.41, 5.74) is 0. The number of rotatable bonds is 2. The second-order valence-corrected chi connectivity index (χ2v) is 1.80. The molecule has 0 aromatic carbocycles. The zero-order valence-corrected chi connectivity index (χ0v) is 7.15. The Hall–Kier alpha value is -1.72. The van der Waals surface area contributed by atoms with E-state index < -0.39 is 5.97 Å². The Morgan fingerprint density at radius 3 is 2.77 bits per heavy atom. The first-order chi connectivity index (χ1) is 6.20. The van der Waals surface area contributed by atoms with Crippen LogP contribution < -0.4 is 0 Å². The van der Waals surface area contributed by atoms with E-state index in [-0.39, 0.29) is 18.9 Å². The van der Waals surface area contributed by atoms with Gasteiger partial charge in [0.05, 0.1) is 6.61 Å². The summed E-state index contributed by atoms with van der Waals surface area (Å²) in [6.45, 7) is 2.37. The topological polar surface area (TPSA) is 88.8 Å². The fraction of sp³-hybridized carbons (Fsp3) is 0.429. The van der Waals surface area contributed by atoms with Crippen LogP contribution in [0.3, 0.4) is 0 Å². The van der Waals surface area contributed by atoms with E-state index in [9.17, 15) is 9.59 Å². The molecule has 1 aliphatic heterocycles. The van der Waals surface area contributed by atoms with Crippen molar-refractivity contribution >= 4 is 24.5 Å². The van der Waals surface area contributed by atoms with E-state index in [1.165, 1.54) is 0 Å². The minimum absolute atomic E-state index is 0.0231. The molecule has 0 aliphatic carbocycles. The number of esters is 1. The SMILES string of the molecule is CCOC(=O)C=O.N=C1N=CCO1. The van der Waals surface area contributed by atoms with Crippen LogP contribution in [0.15, 0.2) is 4.99 Å². The van der Waals surface area contributed by atoms with Gasteiger partial charge < -0.3 is 9.47 Å². The zero-order valence-electron chi connectivity index (χ0n) is 7.15. The fourth-order valence-electron chi connectivity index (χ4n) is 0.450. The van der Waals surface area contributed by atoms with Crippen LogP contribution >= 0.6 is 0 Å². The number of nitrogens with zero attached hydrogens (tertiary/aromatic N) is 1. The largest absolute Gasteiger partial charge is 0.460 e. The molecule has 0 aromatic rings. The van der Waals surface area contributed by atoms with Crippen molar-refractivity contribution in [3.63, 3.8) is 0 Å². The van der Waals surface area contributed by atoms with Crippen molar-refractivity contribution in [2.24, 2.45) is 4.99 Å². The number of carbonyl (C=O) groups excluding carboxylic acids is 2. The normalized spacial score (nSPS) is 12.5. The maximum Gasteiger partial charge on any atom is 0.371 e. The van der Waals surface area contributed by atoms with E-state index >= 15 is 0 Å². The maximum atomic E-state index is 9.82. The third-order valence-corrected chi connectivity index (χ3v) is 0.886. The lowest BCUT2D eigenvalue weighted by Crippen LogP contribution is -2.03. The van der Waals surface area contributed by atoms with Gasteiger partial charge in [-0.15, -0.1) is 0 Å². The lowest BCUT2D eigenvalue weighted by atomic mass is 10.7. The summed E-state index contributed by atoms with van der Waals surface area (Å²) in [7, 11) is 0. The first-order valence-electron chi connectivity index (χ1n) is 3.56. The predicted molar refractivity (Wildman–Crippen MR) is 44.9 cm³/mol. The molecule has 6 heteroatoms. The summed E-state index contributed by atoms with van der Waals surface area (Å²) < 4.78 is 8.70. The van der Waals surface area contributed by atoms with E-state index in [2.05, 4.69) is 14.5 Å². The molecule has 6 nitrogen and oxygen atoms in total. The molecular formula is C7H10N2O4. The predicted octanol–water partition coefficient (Wildman–Crippen LogP) is -0.229. The van der Waals surface area contributed by atoms with Crippen molar-refractivity contribution in [1.82, 2.24) is 0 Å². The number of ether oxygens (including phenoxy) is 2. The molecule has 1 rings (SSSR count). The summed E-state index contributed by atoms with van der Waals surface area (Å²) in [5.74, 6) is -0.803. The Balaban J connectivity index is 0.000000223. The van der Waals surface area contributed by atoms with Crippen LogP contribution in [-0.2, 0) is 19.1 Å². The Labute approximate surface area is 75.1 Å². The van der Waals surface area contributed by atoms with E-state index in [0.29, 0.717) is 6.61 Å². The first-order valence-corrected chi connectivity index (χ1v) is 3.56. The number of aldehydes is 1. The van der Waals surface area contributed by atoms with Gasteiger partial charge in [0.1, 0.15) is 6.61 Å². The molecule has 0 saturated carbocycles. The highest BCUT2D eigenvalue weighted by molar-refractivity contribution is 6.20. The van der Waals surface area contributed by atoms with Crippen LogP contribution in [0.4, 0.5) is 0 Å². The molecule has 0 amide bonds. The van der Waals surface area contributed by atoms with E-state index in [0.717, 1.165) is 0 Å². The second-order valence-electron chi connectivity index (χ2n) is 1.80. The van der Waals surface area contributed by atoms with Gasteiger partial charge in [-0.25, -0.2) is 15.2 Å². The van der Waals surface area contributed by atoms with Crippen LogP contribution in [0.5, 0.6) is 0 Å². The van der Waals surface area contributed by atoms with Gasteiger partial charge in [-0.2, -0.15) is 0 Å². The summed E-state index contributed by atoms with van der Waals surface area (Å²) in [4.78, 5) is 22.7. The Bertz CT molecular complexity index is 225. The van der Waals surface area contributed by atoms with E-state index in [4.69, 9.17) is 5.41 Å². The summed E-state index contributed by atoms with van der Waals surface area (Å²) in [6, 6.07) is 0.0231. The van der Waals surface area contributed by atoms with Crippen molar-refractivity contribution in [3.8, 4) is 0 Å². The van der Waals surface area contributed by atoms with Gasteiger partial charge in [0.2, 0.25) is 6.29 Å². The van der Waals surface area contributed by atoms with Crippen molar-refractivity contribution < 1.29 is 19.1 Å². The molecule has 0 bridgehead atoms. The molecule has 0 saturated heterocycles. The van der Waals surface area contributed by atoms with Gasteiger partial charge in [0.25, 0.3) is 0 Å². The number of hydrogen-bond acceptors (Lipinski definition) is 5. The van der Waals surface area contributed by atoms with Gasteiger partial charge in [-0.1, -0.05) is 0 Å². The number of aliphatic imine (C=N–C) groups is 1.